The number of carbonyl (C=O) groups is 1. The summed E-state index contributed by atoms with van der Waals surface area (Å²) in [6, 6.07) is 15.8. The molecular weight excluding hydrogens is 465 g/mol. The van der Waals surface area contributed by atoms with Gasteiger partial charge in [-0.15, -0.1) is 0 Å². The van der Waals surface area contributed by atoms with Gasteiger partial charge in [0.15, 0.2) is 5.84 Å². The molecule has 3 aromatic rings. The van der Waals surface area contributed by atoms with Crippen LogP contribution < -0.4 is 4.74 Å². The van der Waals surface area contributed by atoms with Gasteiger partial charge in [-0.25, -0.2) is 4.39 Å². The van der Waals surface area contributed by atoms with E-state index in [1.807, 2.05) is 55.7 Å². The van der Waals surface area contributed by atoms with E-state index < -0.39 is 5.91 Å². The zero-order valence-electron chi connectivity index (χ0n) is 19.4. The highest BCUT2D eigenvalue weighted by atomic mass is 32.2. The molecular formula is C26H22FN5O2S. The maximum atomic E-state index is 13.4. The van der Waals surface area contributed by atoms with Crippen molar-refractivity contribution in [2.75, 3.05) is 6.61 Å². The number of amidine groups is 2. The molecule has 0 unspecified atom stereocenters. The maximum absolute atomic E-state index is 13.4. The minimum absolute atomic E-state index is 0.0374. The van der Waals surface area contributed by atoms with E-state index in [1.165, 1.54) is 28.9 Å². The fourth-order valence-corrected chi connectivity index (χ4v) is 4.82. The van der Waals surface area contributed by atoms with Gasteiger partial charge in [-0.3, -0.25) is 10.2 Å². The highest BCUT2D eigenvalue weighted by Crippen LogP contribution is 2.30. The minimum Gasteiger partial charge on any atom is -0.487 e. The Kier molecular flexibility index (Phi) is 5.86. The molecule has 0 aliphatic carbocycles. The van der Waals surface area contributed by atoms with Crippen molar-refractivity contribution in [1.29, 1.82) is 5.41 Å². The fourth-order valence-electron chi connectivity index (χ4n) is 4.02. The van der Waals surface area contributed by atoms with E-state index in [9.17, 15) is 9.18 Å². The number of ether oxygens (including phenoxy) is 1. The van der Waals surface area contributed by atoms with Crippen LogP contribution in [0.25, 0.3) is 11.8 Å². The number of rotatable bonds is 5. The fraction of sp³-hybridized carbons (Fsp3) is 0.154. The Hall–Kier alpha value is -3.98. The molecule has 0 saturated carbocycles. The number of nitrogens with one attached hydrogen (secondary N) is 1. The highest BCUT2D eigenvalue weighted by Gasteiger charge is 2.36. The number of halogens is 1. The van der Waals surface area contributed by atoms with Crippen LogP contribution >= 0.6 is 11.8 Å². The summed E-state index contributed by atoms with van der Waals surface area (Å²) in [5, 5.41) is 15.4. The van der Waals surface area contributed by atoms with Crippen LogP contribution in [0.4, 0.5) is 4.39 Å². The molecule has 2 aliphatic heterocycles. The Labute approximate surface area is 206 Å². The lowest BCUT2D eigenvalue weighted by molar-refractivity contribution is -0.114. The van der Waals surface area contributed by atoms with Gasteiger partial charge in [0.2, 0.25) is 5.17 Å². The van der Waals surface area contributed by atoms with Gasteiger partial charge in [0.1, 0.15) is 23.2 Å². The lowest BCUT2D eigenvalue weighted by atomic mass is 10.1. The third-order valence-electron chi connectivity index (χ3n) is 5.70. The highest BCUT2D eigenvalue weighted by molar-refractivity contribution is 8.27. The first-order valence-electron chi connectivity index (χ1n) is 10.9. The van der Waals surface area contributed by atoms with Crippen molar-refractivity contribution < 1.29 is 13.9 Å². The lowest BCUT2D eigenvalue weighted by Gasteiger charge is -2.20. The second kappa shape index (κ2) is 8.99. The Balaban J connectivity index is 1.39. The predicted molar refractivity (Wildman–Crippen MR) is 137 cm³/mol. The van der Waals surface area contributed by atoms with E-state index in [1.54, 1.807) is 18.2 Å². The van der Waals surface area contributed by atoms with E-state index >= 15 is 0 Å². The van der Waals surface area contributed by atoms with Crippen molar-refractivity contribution >= 4 is 39.8 Å². The van der Waals surface area contributed by atoms with Crippen LogP contribution in [0.1, 0.15) is 22.5 Å². The first-order chi connectivity index (χ1) is 16.8. The molecule has 0 atom stereocenters. The van der Waals surface area contributed by atoms with Crippen molar-refractivity contribution in [3.05, 3.63) is 88.5 Å². The standard InChI is InChI=1S/C26H22FN5O2S/c1-15-5-4-6-21(11-15)34-14-23-30-32-24(28)22(25(33)29-26(32)35-23)13-18-12-16(2)31(17(18)3)20-9-7-19(27)8-10-20/h4-13,28H,14H2,1-3H3. The molecule has 7 nitrogen and oxygen atoms in total. The summed E-state index contributed by atoms with van der Waals surface area (Å²) in [6.45, 7) is 6.05. The zero-order valence-corrected chi connectivity index (χ0v) is 20.2. The molecule has 0 radical (unpaired) electrons. The molecule has 0 fully saturated rings. The summed E-state index contributed by atoms with van der Waals surface area (Å²) >= 11 is 1.22. The molecule has 0 bridgehead atoms. The summed E-state index contributed by atoms with van der Waals surface area (Å²) in [6.07, 6.45) is 1.66. The molecule has 0 spiro atoms. The number of carbonyl (C=O) groups excluding carboxylic acids is 1. The SMILES string of the molecule is Cc1cccc(OCC2=NN3C(=N)C(=Cc4cc(C)n(-c5ccc(F)cc5)c4C)C(=O)N=C3S2)c1. The third kappa shape index (κ3) is 4.42. The quantitative estimate of drug-likeness (QED) is 0.499. The topological polar surface area (TPSA) is 83.0 Å². The molecule has 9 heteroatoms. The van der Waals surface area contributed by atoms with E-state index in [0.29, 0.717) is 10.2 Å². The number of thioether (sulfide) groups is 1. The number of amides is 1. The van der Waals surface area contributed by atoms with Crippen LogP contribution in [-0.4, -0.2) is 38.1 Å². The molecule has 1 N–H and O–H groups in total. The molecule has 35 heavy (non-hydrogen) atoms. The van der Waals surface area contributed by atoms with Crippen LogP contribution in [-0.2, 0) is 4.79 Å². The number of hydrogen-bond acceptors (Lipinski definition) is 5. The smallest absolute Gasteiger partial charge is 0.283 e. The van der Waals surface area contributed by atoms with Crippen LogP contribution in [0.2, 0.25) is 0 Å². The van der Waals surface area contributed by atoms with Gasteiger partial charge in [-0.2, -0.15) is 15.1 Å². The van der Waals surface area contributed by atoms with Crippen molar-refractivity contribution in [2.45, 2.75) is 20.8 Å². The number of nitrogens with zero attached hydrogens (tertiary/aromatic N) is 4. The monoisotopic (exact) mass is 487 g/mol. The van der Waals surface area contributed by atoms with Crippen molar-refractivity contribution in [3.63, 3.8) is 0 Å². The van der Waals surface area contributed by atoms with Gasteiger partial charge in [0, 0.05) is 17.1 Å². The van der Waals surface area contributed by atoms with Crippen LogP contribution in [0.5, 0.6) is 5.75 Å². The van der Waals surface area contributed by atoms with Crippen LogP contribution in [0.15, 0.2) is 70.3 Å². The minimum atomic E-state index is -0.489. The Morgan fingerprint density at radius 3 is 2.63 bits per heavy atom. The predicted octanol–water partition coefficient (Wildman–Crippen LogP) is 5.24. The average molecular weight is 488 g/mol. The van der Waals surface area contributed by atoms with Gasteiger partial charge in [0.05, 0.1) is 5.57 Å². The third-order valence-corrected chi connectivity index (χ3v) is 6.59. The maximum Gasteiger partial charge on any atom is 0.283 e. The van der Waals surface area contributed by atoms with Crippen molar-refractivity contribution in [1.82, 2.24) is 9.58 Å². The average Bonchev–Trinajstić information content (AvgIpc) is 3.36. The Morgan fingerprint density at radius 2 is 1.89 bits per heavy atom. The second-order valence-electron chi connectivity index (χ2n) is 8.26. The summed E-state index contributed by atoms with van der Waals surface area (Å²) in [7, 11) is 0. The van der Waals surface area contributed by atoms with Gasteiger partial charge in [-0.05, 0) is 92.2 Å². The number of benzene rings is 2. The van der Waals surface area contributed by atoms with Gasteiger partial charge >= 0.3 is 0 Å². The molecule has 2 aliphatic rings. The van der Waals surface area contributed by atoms with Gasteiger partial charge in [0.25, 0.3) is 5.91 Å². The molecule has 2 aromatic carbocycles. The molecule has 1 amide bonds. The number of fused-ring (bicyclic) bond motifs is 1. The lowest BCUT2D eigenvalue weighted by Crippen LogP contribution is -2.35. The number of aryl methyl sites for hydroxylation is 2. The number of aromatic nitrogens is 1. The molecule has 5 rings (SSSR count). The van der Waals surface area contributed by atoms with Crippen molar-refractivity contribution in [3.8, 4) is 11.4 Å². The first kappa shape index (κ1) is 22.8. The number of hydrazone groups is 1. The van der Waals surface area contributed by atoms with E-state index in [-0.39, 0.29) is 23.8 Å². The van der Waals surface area contributed by atoms with Crippen LogP contribution in [0, 0.1) is 32.0 Å². The summed E-state index contributed by atoms with van der Waals surface area (Å²) < 4.78 is 21.2. The largest absolute Gasteiger partial charge is 0.487 e. The Morgan fingerprint density at radius 1 is 1.11 bits per heavy atom. The zero-order chi connectivity index (χ0) is 24.7. The Bertz CT molecular complexity index is 1450. The van der Waals surface area contributed by atoms with Gasteiger partial charge in [-0.1, -0.05) is 12.1 Å². The summed E-state index contributed by atoms with van der Waals surface area (Å²) in [5.74, 6) is -0.106. The van der Waals surface area contributed by atoms with E-state index in [0.717, 1.165) is 34.0 Å². The van der Waals surface area contributed by atoms with Crippen LogP contribution in [0.3, 0.4) is 0 Å². The molecule has 3 heterocycles. The normalized spacial score (nSPS) is 16.5. The van der Waals surface area contributed by atoms with Crippen molar-refractivity contribution in [2.24, 2.45) is 10.1 Å². The molecule has 1 aromatic heterocycles. The van der Waals surface area contributed by atoms with E-state index in [2.05, 4.69) is 10.1 Å². The molecule has 176 valence electrons. The summed E-state index contributed by atoms with van der Waals surface area (Å²) in [5.41, 5.74) is 4.62. The van der Waals surface area contributed by atoms with Gasteiger partial charge < -0.3 is 9.30 Å². The molecule has 0 saturated heterocycles. The first-order valence-corrected chi connectivity index (χ1v) is 11.8. The number of hydrogen-bond donors (Lipinski definition) is 1. The van der Waals surface area contributed by atoms with E-state index in [4.69, 9.17) is 10.1 Å². The summed E-state index contributed by atoms with van der Waals surface area (Å²) in [4.78, 5) is 17.0. The second-order valence-corrected chi connectivity index (χ2v) is 9.30. The number of aliphatic imine (C=N–C) groups is 1.